The molecule has 2 fully saturated rings. The summed E-state index contributed by atoms with van der Waals surface area (Å²) in [5.74, 6) is 0.125. The van der Waals surface area contributed by atoms with Crippen LogP contribution in [0.4, 0.5) is 0 Å². The zero-order chi connectivity index (χ0) is 17.7. The van der Waals surface area contributed by atoms with Gasteiger partial charge in [-0.05, 0) is 46.1 Å². The van der Waals surface area contributed by atoms with E-state index in [-0.39, 0.29) is 5.91 Å². The lowest BCUT2D eigenvalue weighted by atomic mass is 10.1. The van der Waals surface area contributed by atoms with Gasteiger partial charge in [-0.2, -0.15) is 5.10 Å². The largest absolute Gasteiger partial charge is 0.337 e. The minimum Gasteiger partial charge on any atom is -0.337 e. The molecule has 2 atom stereocenters. The molecule has 0 saturated carbocycles. The molecule has 25 heavy (non-hydrogen) atoms. The Morgan fingerprint density at radius 2 is 2.00 bits per heavy atom. The fourth-order valence-corrected chi connectivity index (χ4v) is 4.73. The summed E-state index contributed by atoms with van der Waals surface area (Å²) in [6.07, 6.45) is 5.30. The Morgan fingerprint density at radius 3 is 2.76 bits per heavy atom. The van der Waals surface area contributed by atoms with Crippen LogP contribution in [0.3, 0.4) is 0 Å². The van der Waals surface area contributed by atoms with Crippen molar-refractivity contribution in [3.05, 3.63) is 23.5 Å². The van der Waals surface area contributed by atoms with Crippen LogP contribution in [0, 0.1) is 6.92 Å². The highest BCUT2D eigenvalue weighted by molar-refractivity contribution is 6.05. The van der Waals surface area contributed by atoms with Crippen LogP contribution < -0.4 is 0 Å². The highest BCUT2D eigenvalue weighted by atomic mass is 16.2. The molecule has 2 aromatic heterocycles. The highest BCUT2D eigenvalue weighted by Crippen LogP contribution is 2.33. The summed E-state index contributed by atoms with van der Waals surface area (Å²) in [4.78, 5) is 22.5. The lowest BCUT2D eigenvalue weighted by molar-refractivity contribution is 0.0730. The van der Waals surface area contributed by atoms with E-state index >= 15 is 0 Å². The number of hydrogen-bond acceptors (Lipinski definition) is 4. The maximum Gasteiger partial charge on any atom is 0.254 e. The van der Waals surface area contributed by atoms with Crippen molar-refractivity contribution in [1.82, 2.24) is 24.6 Å². The van der Waals surface area contributed by atoms with Crippen LogP contribution in [0.5, 0.6) is 0 Å². The summed E-state index contributed by atoms with van der Waals surface area (Å²) in [5.41, 5.74) is 2.38. The number of nitrogens with zero attached hydrogens (tertiary/aromatic N) is 5. The Hall–Kier alpha value is -1.95. The Balaban J connectivity index is 1.66. The highest BCUT2D eigenvalue weighted by Gasteiger charge is 2.39. The van der Waals surface area contributed by atoms with Crippen molar-refractivity contribution >= 4 is 16.9 Å². The van der Waals surface area contributed by atoms with Crippen LogP contribution in [0.1, 0.15) is 49.2 Å². The van der Waals surface area contributed by atoms with Gasteiger partial charge in [0.15, 0.2) is 5.65 Å². The second-order valence-corrected chi connectivity index (χ2v) is 7.78. The normalized spacial score (nSPS) is 24.3. The van der Waals surface area contributed by atoms with Crippen molar-refractivity contribution in [2.45, 2.75) is 58.2 Å². The van der Waals surface area contributed by atoms with Gasteiger partial charge in [0.2, 0.25) is 0 Å². The Bertz CT molecular complexity index is 811. The van der Waals surface area contributed by atoms with Crippen LogP contribution in [0.25, 0.3) is 11.0 Å². The van der Waals surface area contributed by atoms with Crippen molar-refractivity contribution in [3.63, 3.8) is 0 Å². The minimum absolute atomic E-state index is 0.125. The van der Waals surface area contributed by atoms with Gasteiger partial charge in [-0.1, -0.05) is 0 Å². The van der Waals surface area contributed by atoms with Crippen molar-refractivity contribution < 1.29 is 4.79 Å². The van der Waals surface area contributed by atoms with Crippen molar-refractivity contribution in [3.8, 4) is 0 Å². The molecule has 2 bridgehead atoms. The average molecular weight is 341 g/mol. The van der Waals surface area contributed by atoms with Crippen LogP contribution >= 0.6 is 0 Å². The Kier molecular flexibility index (Phi) is 4.02. The van der Waals surface area contributed by atoms with Gasteiger partial charge in [0.1, 0.15) is 0 Å². The first-order valence-corrected chi connectivity index (χ1v) is 9.31. The molecule has 0 aliphatic carbocycles. The molecule has 4 heterocycles. The van der Waals surface area contributed by atoms with Gasteiger partial charge < -0.3 is 4.90 Å². The topological polar surface area (TPSA) is 54.3 Å². The molecule has 0 N–H and O–H groups in total. The third-order valence-electron chi connectivity index (χ3n) is 5.79. The zero-order valence-electron chi connectivity index (χ0n) is 15.6. The quantitative estimate of drug-likeness (QED) is 0.841. The number of carbonyl (C=O) groups excluding carboxylic acids is 1. The first kappa shape index (κ1) is 16.5. The van der Waals surface area contributed by atoms with Crippen LogP contribution in [0.2, 0.25) is 0 Å². The molecular formula is C19H27N5O. The van der Waals surface area contributed by atoms with E-state index in [0.717, 1.165) is 41.8 Å². The monoisotopic (exact) mass is 341 g/mol. The lowest BCUT2D eigenvalue weighted by Gasteiger charge is -2.32. The Morgan fingerprint density at radius 1 is 1.24 bits per heavy atom. The fraction of sp³-hybridized carbons (Fsp3) is 0.632. The zero-order valence-corrected chi connectivity index (χ0v) is 15.6. The summed E-state index contributed by atoms with van der Waals surface area (Å²) >= 11 is 0. The number of rotatable bonds is 2. The summed E-state index contributed by atoms with van der Waals surface area (Å²) in [6.45, 7) is 8.15. The van der Waals surface area contributed by atoms with Crippen LogP contribution in [0.15, 0.2) is 12.3 Å². The molecule has 2 unspecified atom stereocenters. The maximum atomic E-state index is 13.3. The molecular weight excluding hydrogens is 314 g/mol. The molecule has 6 heteroatoms. The Labute approximate surface area is 148 Å². The molecule has 0 radical (unpaired) electrons. The van der Waals surface area contributed by atoms with Gasteiger partial charge in [-0.3, -0.25) is 14.4 Å². The summed E-state index contributed by atoms with van der Waals surface area (Å²) in [7, 11) is 1.87. The molecule has 134 valence electrons. The predicted molar refractivity (Wildman–Crippen MR) is 97.6 cm³/mol. The average Bonchev–Trinajstić information content (AvgIpc) is 3.06. The first-order valence-electron chi connectivity index (χ1n) is 9.31. The van der Waals surface area contributed by atoms with Crippen LogP contribution in [-0.2, 0) is 7.05 Å². The third-order valence-corrected chi connectivity index (χ3v) is 5.79. The van der Waals surface area contributed by atoms with Gasteiger partial charge in [-0.25, -0.2) is 4.98 Å². The number of fused-ring (bicyclic) bond motifs is 3. The predicted octanol–water partition coefficient (Wildman–Crippen LogP) is 2.36. The molecule has 0 spiro atoms. The number of aromatic nitrogens is 3. The van der Waals surface area contributed by atoms with E-state index in [1.54, 1.807) is 10.9 Å². The van der Waals surface area contributed by atoms with Gasteiger partial charge in [-0.15, -0.1) is 0 Å². The first-order chi connectivity index (χ1) is 12.0. The number of pyridine rings is 1. The van der Waals surface area contributed by atoms with Gasteiger partial charge in [0, 0.05) is 44.0 Å². The third kappa shape index (κ3) is 2.72. The van der Waals surface area contributed by atoms with Gasteiger partial charge >= 0.3 is 0 Å². The van der Waals surface area contributed by atoms with E-state index < -0.39 is 0 Å². The number of amides is 1. The van der Waals surface area contributed by atoms with Crippen molar-refractivity contribution in [2.75, 3.05) is 13.1 Å². The molecule has 2 saturated heterocycles. The molecule has 2 aromatic rings. The van der Waals surface area contributed by atoms with Crippen molar-refractivity contribution in [1.29, 1.82) is 0 Å². The molecule has 0 aromatic carbocycles. The molecule has 2 aliphatic rings. The summed E-state index contributed by atoms with van der Waals surface area (Å²) in [6, 6.07) is 3.57. The number of carbonyl (C=O) groups is 1. The standard InChI is InChI=1S/C19H27N5O/c1-12(2)24-14-5-6-15(24)11-23(8-7-14)19(25)16-9-13(3)21-18-17(16)10-20-22(18)4/h9-10,12,14-15H,5-8,11H2,1-4H3. The minimum atomic E-state index is 0.125. The van der Waals surface area contributed by atoms with Gasteiger partial charge in [0.25, 0.3) is 5.91 Å². The number of hydrogen-bond donors (Lipinski definition) is 0. The van der Waals surface area contributed by atoms with Crippen LogP contribution in [-0.4, -0.2) is 61.7 Å². The van der Waals surface area contributed by atoms with E-state index in [9.17, 15) is 4.79 Å². The van der Waals surface area contributed by atoms with Gasteiger partial charge in [0.05, 0.1) is 17.1 Å². The molecule has 4 rings (SSSR count). The maximum absolute atomic E-state index is 13.3. The molecule has 1 amide bonds. The number of likely N-dealkylation sites (tertiary alicyclic amines) is 1. The second-order valence-electron chi connectivity index (χ2n) is 7.78. The molecule has 2 aliphatic heterocycles. The molecule has 6 nitrogen and oxygen atoms in total. The fourth-order valence-electron chi connectivity index (χ4n) is 4.73. The van der Waals surface area contributed by atoms with E-state index in [4.69, 9.17) is 0 Å². The lowest BCUT2D eigenvalue weighted by Crippen LogP contribution is -2.44. The van der Waals surface area contributed by atoms with E-state index in [0.29, 0.717) is 18.1 Å². The van der Waals surface area contributed by atoms with E-state index in [1.807, 2.05) is 20.0 Å². The smallest absolute Gasteiger partial charge is 0.254 e. The van der Waals surface area contributed by atoms with Crippen molar-refractivity contribution in [2.24, 2.45) is 7.05 Å². The summed E-state index contributed by atoms with van der Waals surface area (Å²) < 4.78 is 1.74. The SMILES string of the molecule is Cc1cc(C(=O)N2CCC3CCC(C2)N3C(C)C)c2cnn(C)c2n1. The second kappa shape index (κ2) is 6.09. The number of aryl methyl sites for hydroxylation is 2. The van der Waals surface area contributed by atoms with E-state index in [1.165, 1.54) is 12.8 Å². The van der Waals surface area contributed by atoms with E-state index in [2.05, 4.69) is 33.7 Å². The summed E-state index contributed by atoms with van der Waals surface area (Å²) in [5, 5.41) is 5.15.